The molecule has 2 amide bonds. The Hall–Kier alpha value is -3.21. The van der Waals surface area contributed by atoms with Crippen molar-refractivity contribution in [1.82, 2.24) is 15.1 Å². The van der Waals surface area contributed by atoms with E-state index in [0.29, 0.717) is 17.9 Å². The molecule has 3 aromatic rings. The lowest BCUT2D eigenvalue weighted by Crippen LogP contribution is -2.46. The van der Waals surface area contributed by atoms with Gasteiger partial charge in [-0.1, -0.05) is 11.6 Å². The van der Waals surface area contributed by atoms with Gasteiger partial charge in [-0.05, 0) is 61.2 Å². The smallest absolute Gasteiger partial charge is 0.407 e. The van der Waals surface area contributed by atoms with Crippen LogP contribution in [0.15, 0.2) is 42.6 Å². The molecule has 2 N–H and O–H groups in total. The summed E-state index contributed by atoms with van der Waals surface area (Å²) in [7, 11) is 0. The first-order valence-corrected chi connectivity index (χ1v) is 11.8. The Kier molecular flexibility index (Phi) is 6.35. The summed E-state index contributed by atoms with van der Waals surface area (Å²) in [5.74, 6) is -3.60. The van der Waals surface area contributed by atoms with Gasteiger partial charge in [-0.15, -0.1) is 0 Å². The molecule has 0 aliphatic carbocycles. The number of rotatable bonds is 5. The predicted octanol–water partition coefficient (Wildman–Crippen LogP) is 3.88. The zero-order chi connectivity index (χ0) is 24.6. The standard InChI is InChI=1S/C24H24ClFN4O5/c25-17-9-15(10-18(26)12-17)13-27-23(32)35-24(33)6-7-29(22(24)31)19-4-5-20-16(11-19)14-28-30(20)21-3-1-2-8-34-21/h4-5,9-12,14,21,33H,1-3,6-8,13H2,(H,27,32). The molecule has 11 heteroatoms. The summed E-state index contributed by atoms with van der Waals surface area (Å²) in [6.45, 7) is 0.775. The highest BCUT2D eigenvalue weighted by Crippen LogP contribution is 2.33. The number of nitrogens with one attached hydrogen (secondary N) is 1. The fourth-order valence-corrected chi connectivity index (χ4v) is 4.70. The Morgan fingerprint density at radius 2 is 2.17 bits per heavy atom. The molecule has 2 aliphatic heterocycles. The number of carbonyl (C=O) groups is 2. The topological polar surface area (TPSA) is 106 Å². The molecule has 9 nitrogen and oxygen atoms in total. The summed E-state index contributed by atoms with van der Waals surface area (Å²) in [6.07, 6.45) is 3.51. The second-order valence-corrected chi connectivity index (χ2v) is 9.10. The van der Waals surface area contributed by atoms with Crippen LogP contribution >= 0.6 is 11.6 Å². The van der Waals surface area contributed by atoms with Gasteiger partial charge in [-0.2, -0.15) is 5.10 Å². The quantitative estimate of drug-likeness (QED) is 0.513. The summed E-state index contributed by atoms with van der Waals surface area (Å²) in [5, 5.41) is 18.6. The first-order chi connectivity index (χ1) is 16.8. The highest BCUT2D eigenvalue weighted by Gasteiger charge is 2.49. The molecule has 35 heavy (non-hydrogen) atoms. The Balaban J connectivity index is 1.25. The molecule has 3 heterocycles. The van der Waals surface area contributed by atoms with Crippen molar-refractivity contribution in [3.05, 3.63) is 59.0 Å². The van der Waals surface area contributed by atoms with Gasteiger partial charge in [0.15, 0.2) is 6.23 Å². The van der Waals surface area contributed by atoms with Gasteiger partial charge in [0.25, 0.3) is 11.7 Å². The van der Waals surface area contributed by atoms with E-state index in [4.69, 9.17) is 21.1 Å². The number of hydrogen-bond donors (Lipinski definition) is 2. The summed E-state index contributed by atoms with van der Waals surface area (Å²) >= 11 is 5.81. The van der Waals surface area contributed by atoms with Crippen molar-refractivity contribution >= 4 is 40.2 Å². The van der Waals surface area contributed by atoms with Gasteiger partial charge in [0.2, 0.25) is 0 Å². The van der Waals surface area contributed by atoms with E-state index in [1.165, 1.54) is 17.0 Å². The number of aliphatic hydroxyl groups is 1. The van der Waals surface area contributed by atoms with E-state index in [-0.39, 0.29) is 30.8 Å². The van der Waals surface area contributed by atoms with Crippen molar-refractivity contribution in [2.45, 2.75) is 44.2 Å². The molecule has 2 aliphatic rings. The van der Waals surface area contributed by atoms with Crippen LogP contribution in [0.1, 0.15) is 37.5 Å². The number of benzene rings is 2. The van der Waals surface area contributed by atoms with E-state index < -0.39 is 23.6 Å². The van der Waals surface area contributed by atoms with Crippen LogP contribution in [0.25, 0.3) is 10.9 Å². The maximum atomic E-state index is 13.5. The summed E-state index contributed by atoms with van der Waals surface area (Å²) in [5.41, 5.74) is 1.85. The first-order valence-electron chi connectivity index (χ1n) is 11.4. The molecule has 2 saturated heterocycles. The van der Waals surface area contributed by atoms with Crippen molar-refractivity contribution in [3.63, 3.8) is 0 Å². The number of carbonyl (C=O) groups excluding carboxylic acids is 2. The van der Waals surface area contributed by atoms with E-state index in [1.807, 2.05) is 10.7 Å². The second-order valence-electron chi connectivity index (χ2n) is 8.67. The molecule has 2 fully saturated rings. The molecule has 0 bridgehead atoms. The molecule has 0 radical (unpaired) electrons. The van der Waals surface area contributed by atoms with Gasteiger partial charge >= 0.3 is 6.09 Å². The minimum Gasteiger partial charge on any atom is -0.407 e. The van der Waals surface area contributed by atoms with E-state index in [9.17, 15) is 19.1 Å². The number of aromatic nitrogens is 2. The number of hydrogen-bond acceptors (Lipinski definition) is 6. The molecule has 2 aromatic carbocycles. The third kappa shape index (κ3) is 4.82. The number of halogens is 2. The van der Waals surface area contributed by atoms with Crippen LogP contribution in [0.5, 0.6) is 0 Å². The molecule has 0 saturated carbocycles. The molecule has 184 valence electrons. The SMILES string of the molecule is O=C(NCc1cc(F)cc(Cl)c1)OC1(O)CCN(c2ccc3c(cnn3C3CCCCO3)c2)C1=O. The molecule has 2 atom stereocenters. The van der Waals surface area contributed by atoms with Gasteiger partial charge in [0.05, 0.1) is 11.7 Å². The van der Waals surface area contributed by atoms with Crippen molar-refractivity contribution in [3.8, 4) is 0 Å². The third-order valence-corrected chi connectivity index (χ3v) is 6.41. The lowest BCUT2D eigenvalue weighted by Gasteiger charge is -2.24. The Labute approximate surface area is 205 Å². The van der Waals surface area contributed by atoms with E-state index in [2.05, 4.69) is 10.4 Å². The first kappa shape index (κ1) is 23.5. The minimum absolute atomic E-state index is 0.0876. The van der Waals surface area contributed by atoms with E-state index in [0.717, 1.165) is 36.2 Å². The lowest BCUT2D eigenvalue weighted by atomic mass is 10.2. The monoisotopic (exact) mass is 502 g/mol. The van der Waals surface area contributed by atoms with Crippen LogP contribution in [0.4, 0.5) is 14.9 Å². The van der Waals surface area contributed by atoms with Crippen molar-refractivity contribution in [2.24, 2.45) is 0 Å². The summed E-state index contributed by atoms with van der Waals surface area (Å²) in [6, 6.07) is 9.27. The Morgan fingerprint density at radius 3 is 2.94 bits per heavy atom. The number of nitrogens with zero attached hydrogens (tertiary/aromatic N) is 3. The van der Waals surface area contributed by atoms with Gasteiger partial charge in [-0.25, -0.2) is 13.9 Å². The number of anilines is 1. The van der Waals surface area contributed by atoms with Crippen LogP contribution in [-0.4, -0.2) is 45.8 Å². The van der Waals surface area contributed by atoms with Crippen molar-refractivity contribution < 1.29 is 28.6 Å². The zero-order valence-corrected chi connectivity index (χ0v) is 19.5. The van der Waals surface area contributed by atoms with Crippen LogP contribution < -0.4 is 10.2 Å². The zero-order valence-electron chi connectivity index (χ0n) is 18.7. The average Bonchev–Trinajstić information content (AvgIpc) is 3.38. The molecular formula is C24H24ClFN4O5. The van der Waals surface area contributed by atoms with Gasteiger partial charge in [-0.3, -0.25) is 4.79 Å². The normalized spacial score (nSPS) is 22.5. The molecule has 5 rings (SSSR count). The predicted molar refractivity (Wildman–Crippen MR) is 125 cm³/mol. The lowest BCUT2D eigenvalue weighted by molar-refractivity contribution is -0.175. The number of amides is 2. The highest BCUT2D eigenvalue weighted by molar-refractivity contribution is 6.30. The van der Waals surface area contributed by atoms with Crippen LogP contribution in [0, 0.1) is 5.82 Å². The minimum atomic E-state index is -2.31. The van der Waals surface area contributed by atoms with Crippen molar-refractivity contribution in [2.75, 3.05) is 18.1 Å². The molecular weight excluding hydrogens is 479 g/mol. The van der Waals surface area contributed by atoms with E-state index in [1.54, 1.807) is 18.3 Å². The Morgan fingerprint density at radius 1 is 1.31 bits per heavy atom. The molecule has 2 unspecified atom stereocenters. The number of ether oxygens (including phenoxy) is 2. The number of alkyl carbamates (subject to hydrolysis) is 1. The fourth-order valence-electron chi connectivity index (χ4n) is 4.45. The molecule has 0 spiro atoms. The maximum absolute atomic E-state index is 13.5. The van der Waals surface area contributed by atoms with E-state index >= 15 is 0 Å². The molecule has 1 aromatic heterocycles. The largest absolute Gasteiger partial charge is 0.410 e. The Bertz CT molecular complexity index is 1260. The van der Waals surface area contributed by atoms with Crippen LogP contribution in [-0.2, 0) is 20.8 Å². The van der Waals surface area contributed by atoms with Gasteiger partial charge in [0.1, 0.15) is 5.82 Å². The highest BCUT2D eigenvalue weighted by atomic mass is 35.5. The summed E-state index contributed by atoms with van der Waals surface area (Å²) in [4.78, 5) is 26.6. The number of fused-ring (bicyclic) bond motifs is 1. The second kappa shape index (κ2) is 9.44. The summed E-state index contributed by atoms with van der Waals surface area (Å²) < 4.78 is 26.2. The fraction of sp³-hybridized carbons (Fsp3) is 0.375. The third-order valence-electron chi connectivity index (χ3n) is 6.19. The van der Waals surface area contributed by atoms with Crippen LogP contribution in [0.2, 0.25) is 5.02 Å². The van der Waals surface area contributed by atoms with Crippen molar-refractivity contribution in [1.29, 1.82) is 0 Å². The van der Waals surface area contributed by atoms with Gasteiger partial charge in [0, 0.05) is 42.2 Å². The van der Waals surface area contributed by atoms with Crippen LogP contribution in [0.3, 0.4) is 0 Å². The van der Waals surface area contributed by atoms with Gasteiger partial charge < -0.3 is 24.8 Å². The average molecular weight is 503 g/mol. The maximum Gasteiger partial charge on any atom is 0.410 e.